The minimum Gasteiger partial charge on any atom is -0.496 e. The molecular formula is C24H22FN5O. The zero-order valence-corrected chi connectivity index (χ0v) is 17.3. The van der Waals surface area contributed by atoms with E-state index in [-0.39, 0.29) is 5.92 Å². The van der Waals surface area contributed by atoms with Gasteiger partial charge in [-0.1, -0.05) is 25.1 Å². The maximum atomic E-state index is 13.5. The Balaban J connectivity index is 1.52. The lowest BCUT2D eigenvalue weighted by Gasteiger charge is -2.16. The summed E-state index contributed by atoms with van der Waals surface area (Å²) in [7, 11) is 1.68. The maximum absolute atomic E-state index is 13.5. The smallest absolute Gasteiger partial charge is 0.213 e. The van der Waals surface area contributed by atoms with Crippen LogP contribution < -0.4 is 10.1 Å². The number of anilines is 1. The third kappa shape index (κ3) is 4.83. The van der Waals surface area contributed by atoms with Gasteiger partial charge in [0.25, 0.3) is 0 Å². The normalized spacial score (nSPS) is 11.7. The minimum atomic E-state index is -0.539. The Morgan fingerprint density at radius 3 is 2.45 bits per heavy atom. The number of hydrogen-bond donors (Lipinski definition) is 1. The van der Waals surface area contributed by atoms with Gasteiger partial charge in [-0.05, 0) is 29.8 Å². The largest absolute Gasteiger partial charge is 0.496 e. The Bertz CT molecular complexity index is 1180. The van der Waals surface area contributed by atoms with E-state index in [0.717, 1.165) is 28.4 Å². The molecule has 0 spiro atoms. The van der Waals surface area contributed by atoms with Crippen LogP contribution in [0.2, 0.25) is 0 Å². The molecule has 156 valence electrons. The van der Waals surface area contributed by atoms with Gasteiger partial charge in [0.2, 0.25) is 5.95 Å². The van der Waals surface area contributed by atoms with Crippen molar-refractivity contribution in [3.63, 3.8) is 0 Å². The van der Waals surface area contributed by atoms with Gasteiger partial charge in [0.05, 0.1) is 18.5 Å². The molecule has 1 N–H and O–H groups in total. The van der Waals surface area contributed by atoms with Crippen molar-refractivity contribution in [1.29, 1.82) is 0 Å². The summed E-state index contributed by atoms with van der Waals surface area (Å²) in [5.41, 5.74) is 4.06. The van der Waals surface area contributed by atoms with Crippen molar-refractivity contribution >= 4 is 5.82 Å². The maximum Gasteiger partial charge on any atom is 0.213 e. The zero-order chi connectivity index (χ0) is 21.6. The molecule has 3 aromatic heterocycles. The van der Waals surface area contributed by atoms with Crippen LogP contribution in [0.3, 0.4) is 0 Å². The van der Waals surface area contributed by atoms with E-state index in [1.807, 2.05) is 36.4 Å². The standard InChI is InChI=1S/C24H22FN5O/c1-16(19-5-3-4-6-22(19)31-2)14-28-24-13-21(29-15-30-24)17-7-9-26-20(11-17)18-8-10-27-23(25)12-18/h3-13,15-16H,14H2,1-2H3,(H,28,29,30). The van der Waals surface area contributed by atoms with Gasteiger partial charge in [-0.15, -0.1) is 0 Å². The molecule has 0 amide bonds. The van der Waals surface area contributed by atoms with Crippen LogP contribution in [0.4, 0.5) is 10.2 Å². The molecule has 4 aromatic rings. The molecule has 6 nitrogen and oxygen atoms in total. The first-order chi connectivity index (χ1) is 15.1. The van der Waals surface area contributed by atoms with E-state index in [9.17, 15) is 4.39 Å². The molecule has 3 heterocycles. The van der Waals surface area contributed by atoms with E-state index in [0.29, 0.717) is 17.8 Å². The highest BCUT2D eigenvalue weighted by Crippen LogP contribution is 2.27. The summed E-state index contributed by atoms with van der Waals surface area (Å²) in [4.78, 5) is 16.7. The number of para-hydroxylation sites is 1. The second-order valence-electron chi connectivity index (χ2n) is 7.11. The summed E-state index contributed by atoms with van der Waals surface area (Å²) in [5, 5.41) is 3.38. The predicted molar refractivity (Wildman–Crippen MR) is 118 cm³/mol. The van der Waals surface area contributed by atoms with Crippen molar-refractivity contribution in [2.75, 3.05) is 19.0 Å². The van der Waals surface area contributed by atoms with Crippen LogP contribution in [0, 0.1) is 5.95 Å². The summed E-state index contributed by atoms with van der Waals surface area (Å²) in [6.45, 7) is 2.82. The molecule has 0 saturated heterocycles. The van der Waals surface area contributed by atoms with Crippen LogP contribution in [-0.2, 0) is 0 Å². The second-order valence-corrected chi connectivity index (χ2v) is 7.11. The molecule has 0 saturated carbocycles. The molecule has 1 aromatic carbocycles. The summed E-state index contributed by atoms with van der Waals surface area (Å²) in [5.74, 6) is 1.28. The van der Waals surface area contributed by atoms with Crippen molar-refractivity contribution < 1.29 is 9.13 Å². The number of aromatic nitrogens is 4. The Morgan fingerprint density at radius 1 is 0.903 bits per heavy atom. The topological polar surface area (TPSA) is 72.8 Å². The SMILES string of the molecule is COc1ccccc1C(C)CNc1cc(-c2ccnc(-c3ccnc(F)c3)c2)ncn1. The van der Waals surface area contributed by atoms with E-state index in [2.05, 4.69) is 38.2 Å². The monoisotopic (exact) mass is 415 g/mol. The van der Waals surface area contributed by atoms with Crippen LogP contribution >= 0.6 is 0 Å². The van der Waals surface area contributed by atoms with E-state index in [1.54, 1.807) is 19.4 Å². The molecule has 0 radical (unpaired) electrons. The lowest BCUT2D eigenvalue weighted by atomic mass is 10.00. The van der Waals surface area contributed by atoms with E-state index in [1.165, 1.54) is 18.6 Å². The van der Waals surface area contributed by atoms with E-state index >= 15 is 0 Å². The second kappa shape index (κ2) is 9.30. The van der Waals surface area contributed by atoms with Gasteiger partial charge in [-0.3, -0.25) is 4.98 Å². The first-order valence-corrected chi connectivity index (χ1v) is 9.91. The van der Waals surface area contributed by atoms with Crippen LogP contribution in [0.1, 0.15) is 18.4 Å². The summed E-state index contributed by atoms with van der Waals surface area (Å²) < 4.78 is 18.9. The Kier molecular flexibility index (Phi) is 6.12. The average Bonchev–Trinajstić information content (AvgIpc) is 2.83. The minimum absolute atomic E-state index is 0.226. The van der Waals surface area contributed by atoms with Crippen LogP contribution in [0.15, 0.2) is 73.3 Å². The van der Waals surface area contributed by atoms with Crippen molar-refractivity contribution in [3.05, 3.63) is 84.8 Å². The molecule has 0 fully saturated rings. The fourth-order valence-electron chi connectivity index (χ4n) is 3.36. The van der Waals surface area contributed by atoms with Crippen LogP contribution in [0.25, 0.3) is 22.5 Å². The lowest BCUT2D eigenvalue weighted by Crippen LogP contribution is -2.12. The van der Waals surface area contributed by atoms with Crippen LogP contribution in [0.5, 0.6) is 5.75 Å². The number of nitrogens with one attached hydrogen (secondary N) is 1. The summed E-state index contributed by atoms with van der Waals surface area (Å²) in [6.07, 6.45) is 4.63. The quantitative estimate of drug-likeness (QED) is 0.430. The highest BCUT2D eigenvalue weighted by Gasteiger charge is 2.12. The van der Waals surface area contributed by atoms with Gasteiger partial charge in [-0.25, -0.2) is 15.0 Å². The van der Waals surface area contributed by atoms with Crippen molar-refractivity contribution in [3.8, 4) is 28.3 Å². The van der Waals surface area contributed by atoms with Gasteiger partial charge < -0.3 is 10.1 Å². The highest BCUT2D eigenvalue weighted by molar-refractivity contribution is 5.69. The summed E-state index contributed by atoms with van der Waals surface area (Å²) in [6, 6.07) is 16.7. The van der Waals surface area contributed by atoms with E-state index in [4.69, 9.17) is 4.74 Å². The molecule has 1 atom stereocenters. The van der Waals surface area contributed by atoms with Crippen molar-refractivity contribution in [2.24, 2.45) is 0 Å². The third-order valence-electron chi connectivity index (χ3n) is 5.00. The molecule has 4 rings (SSSR count). The molecule has 31 heavy (non-hydrogen) atoms. The van der Waals surface area contributed by atoms with Gasteiger partial charge >= 0.3 is 0 Å². The van der Waals surface area contributed by atoms with Crippen molar-refractivity contribution in [1.82, 2.24) is 19.9 Å². The molecule has 1 unspecified atom stereocenters. The fourth-order valence-corrected chi connectivity index (χ4v) is 3.36. The molecule has 0 aliphatic rings. The van der Waals surface area contributed by atoms with Crippen molar-refractivity contribution in [2.45, 2.75) is 12.8 Å². The molecule has 0 aliphatic heterocycles. The third-order valence-corrected chi connectivity index (χ3v) is 5.00. The Morgan fingerprint density at radius 2 is 1.65 bits per heavy atom. The average molecular weight is 415 g/mol. The molecule has 7 heteroatoms. The number of hydrogen-bond acceptors (Lipinski definition) is 6. The van der Waals surface area contributed by atoms with Gasteiger partial charge in [0.15, 0.2) is 0 Å². The number of nitrogens with zero attached hydrogens (tertiary/aromatic N) is 4. The predicted octanol–water partition coefficient (Wildman–Crippen LogP) is 4.96. The molecular weight excluding hydrogens is 393 g/mol. The fraction of sp³-hybridized carbons (Fsp3) is 0.167. The lowest BCUT2D eigenvalue weighted by molar-refractivity contribution is 0.407. The number of methoxy groups -OCH3 is 1. The van der Waals surface area contributed by atoms with Crippen LogP contribution in [-0.4, -0.2) is 33.6 Å². The van der Waals surface area contributed by atoms with Gasteiger partial charge in [-0.2, -0.15) is 4.39 Å². The number of benzene rings is 1. The molecule has 0 aliphatic carbocycles. The number of pyridine rings is 2. The number of halogens is 1. The van der Waals surface area contributed by atoms with Gasteiger partial charge in [0, 0.05) is 48.1 Å². The van der Waals surface area contributed by atoms with Gasteiger partial charge in [0.1, 0.15) is 17.9 Å². The first-order valence-electron chi connectivity index (χ1n) is 9.91. The highest BCUT2D eigenvalue weighted by atomic mass is 19.1. The molecule has 0 bridgehead atoms. The summed E-state index contributed by atoms with van der Waals surface area (Å²) >= 11 is 0. The number of ether oxygens (including phenoxy) is 1. The Hall–Kier alpha value is -3.87. The van der Waals surface area contributed by atoms with E-state index < -0.39 is 5.95 Å². The zero-order valence-electron chi connectivity index (χ0n) is 17.3. The first kappa shape index (κ1) is 20.4. The Labute approximate surface area is 180 Å². The number of rotatable bonds is 7.